The molecule has 3 fully saturated rings. The first-order valence-corrected chi connectivity index (χ1v) is 14.1. The molecule has 1 saturated heterocycles. The summed E-state index contributed by atoms with van der Waals surface area (Å²) < 4.78 is 0.992. The molecule has 0 spiro atoms. The monoisotopic (exact) mass is 572 g/mol. The van der Waals surface area contributed by atoms with Crippen LogP contribution in [0.15, 0.2) is 62.8 Å². The van der Waals surface area contributed by atoms with Gasteiger partial charge in [0, 0.05) is 25.5 Å². The number of hydrogen-bond donors (Lipinski definition) is 1. The third-order valence-electron chi connectivity index (χ3n) is 8.02. The third kappa shape index (κ3) is 2.89. The quantitative estimate of drug-likeness (QED) is 0.409. The Morgan fingerprint density at radius 3 is 2.47 bits per heavy atom. The number of aromatic nitrogens is 1. The molecule has 1 aromatic heterocycles. The molecule has 3 heterocycles. The molecular weight excluding hydrogens is 556 g/mol. The summed E-state index contributed by atoms with van der Waals surface area (Å²) in [5.41, 5.74) is 1.74. The van der Waals surface area contributed by atoms with E-state index >= 15 is 0 Å². The minimum absolute atomic E-state index is 0.0335. The molecule has 1 N–H and O–H groups in total. The van der Waals surface area contributed by atoms with Crippen molar-refractivity contribution in [2.24, 2.45) is 29.6 Å². The number of nitrogens with zero attached hydrogens (tertiary/aromatic N) is 1. The van der Waals surface area contributed by atoms with Gasteiger partial charge < -0.3 is 4.98 Å². The molecular formula is C25H18BrClN2O3S2. The minimum Gasteiger partial charge on any atom is -0.307 e. The molecule has 172 valence electrons. The molecule has 0 radical (unpaired) electrons. The first kappa shape index (κ1) is 21.4. The summed E-state index contributed by atoms with van der Waals surface area (Å²) in [5.74, 6) is -0.321. The molecule has 7 unspecified atom stereocenters. The van der Waals surface area contributed by atoms with Gasteiger partial charge in [0.25, 0.3) is 0 Å². The van der Waals surface area contributed by atoms with Crippen LogP contribution >= 0.6 is 50.6 Å². The predicted octanol–water partition coefficient (Wildman–Crippen LogP) is 5.53. The maximum absolute atomic E-state index is 13.7. The number of thioether (sulfide) groups is 1. The van der Waals surface area contributed by atoms with Crippen molar-refractivity contribution >= 4 is 68.1 Å². The highest BCUT2D eigenvalue weighted by Gasteiger charge is 2.69. The van der Waals surface area contributed by atoms with Gasteiger partial charge in [-0.25, -0.2) is 0 Å². The molecule has 9 heteroatoms. The third-order valence-corrected chi connectivity index (χ3v) is 11.4. The SMILES string of the molecule is O=C1C2C3CC(C2C(=O)N1c1ccc(Cl)cc1)C1C(c2cccc(Br)c2)c2sc(=O)[nH]c2SC31. The van der Waals surface area contributed by atoms with Crippen LogP contribution in [0.4, 0.5) is 5.69 Å². The number of imide groups is 1. The van der Waals surface area contributed by atoms with E-state index in [1.54, 1.807) is 36.0 Å². The summed E-state index contributed by atoms with van der Waals surface area (Å²) in [7, 11) is 0. The van der Waals surface area contributed by atoms with Crippen LogP contribution in [0.3, 0.4) is 0 Å². The molecule has 2 saturated carbocycles. The van der Waals surface area contributed by atoms with Crippen LogP contribution in [0.2, 0.25) is 5.02 Å². The number of hydrogen-bond acceptors (Lipinski definition) is 5. The smallest absolute Gasteiger partial charge is 0.305 e. The van der Waals surface area contributed by atoms with Gasteiger partial charge in [0.05, 0.1) is 22.5 Å². The van der Waals surface area contributed by atoms with Gasteiger partial charge in [-0.15, -0.1) is 11.8 Å². The molecule has 2 aliphatic carbocycles. The number of anilines is 1. The van der Waals surface area contributed by atoms with Gasteiger partial charge in [-0.05, 0) is 66.1 Å². The maximum Gasteiger partial charge on any atom is 0.305 e. The van der Waals surface area contributed by atoms with Crippen molar-refractivity contribution in [3.63, 3.8) is 0 Å². The summed E-state index contributed by atoms with van der Waals surface area (Å²) in [6, 6.07) is 15.2. The zero-order valence-electron chi connectivity index (χ0n) is 17.6. The normalized spacial score (nSPS) is 33.2. The molecule has 2 aromatic carbocycles. The van der Waals surface area contributed by atoms with Crippen molar-refractivity contribution in [2.45, 2.75) is 22.6 Å². The standard InChI is InChI=1S/C25H18BrClN2O3S2/c26-11-3-1-2-10(8-11)16-17-14-9-15(20(17)33-22-21(16)34-25(32)28-22)19-18(14)23(30)29(24(19)31)13-6-4-12(27)5-7-13/h1-8,14-20H,9H2,(H,28,32). The molecule has 2 aliphatic heterocycles. The Labute approximate surface area is 217 Å². The Kier molecular flexibility index (Phi) is 4.76. The van der Waals surface area contributed by atoms with Crippen molar-refractivity contribution in [1.82, 2.24) is 4.98 Å². The lowest BCUT2D eigenvalue weighted by Crippen LogP contribution is -2.42. The fourth-order valence-corrected chi connectivity index (χ4v) is 10.4. The van der Waals surface area contributed by atoms with E-state index in [2.05, 4.69) is 33.0 Å². The van der Waals surface area contributed by atoms with Crippen molar-refractivity contribution in [3.8, 4) is 0 Å². The van der Waals surface area contributed by atoms with E-state index in [9.17, 15) is 14.4 Å². The lowest BCUT2D eigenvalue weighted by molar-refractivity contribution is -0.123. The van der Waals surface area contributed by atoms with Crippen LogP contribution in [0.25, 0.3) is 0 Å². The van der Waals surface area contributed by atoms with Gasteiger partial charge in [-0.2, -0.15) is 0 Å². The van der Waals surface area contributed by atoms with Crippen LogP contribution in [-0.4, -0.2) is 22.0 Å². The van der Waals surface area contributed by atoms with Gasteiger partial charge in [0.15, 0.2) is 0 Å². The van der Waals surface area contributed by atoms with E-state index in [4.69, 9.17) is 11.6 Å². The van der Waals surface area contributed by atoms with Crippen LogP contribution < -0.4 is 9.77 Å². The first-order valence-electron chi connectivity index (χ1n) is 11.2. The van der Waals surface area contributed by atoms with Gasteiger partial charge in [-0.3, -0.25) is 19.3 Å². The molecule has 34 heavy (non-hydrogen) atoms. The number of benzene rings is 2. The van der Waals surface area contributed by atoms with Crippen molar-refractivity contribution in [3.05, 3.63) is 78.1 Å². The average molecular weight is 574 g/mol. The van der Waals surface area contributed by atoms with Crippen LogP contribution in [0.5, 0.6) is 0 Å². The van der Waals surface area contributed by atoms with Crippen LogP contribution in [0.1, 0.15) is 22.8 Å². The summed E-state index contributed by atoms with van der Waals surface area (Å²) in [6.07, 6.45) is 0.882. The molecule has 3 aromatic rings. The number of amides is 2. The van der Waals surface area contributed by atoms with Crippen LogP contribution in [0, 0.1) is 29.6 Å². The highest BCUT2D eigenvalue weighted by molar-refractivity contribution is 9.10. The number of thiazole rings is 1. The van der Waals surface area contributed by atoms with E-state index in [-0.39, 0.29) is 57.4 Å². The van der Waals surface area contributed by atoms with E-state index in [0.29, 0.717) is 10.7 Å². The number of H-pyrrole nitrogens is 1. The minimum atomic E-state index is -0.304. The average Bonchev–Trinajstić information content (AvgIpc) is 3.53. The molecule has 5 nitrogen and oxygen atoms in total. The number of fused-ring (bicyclic) bond motifs is 9. The van der Waals surface area contributed by atoms with Gasteiger partial charge >= 0.3 is 4.87 Å². The Morgan fingerprint density at radius 2 is 1.74 bits per heavy atom. The van der Waals surface area contributed by atoms with Crippen molar-refractivity contribution in [1.29, 1.82) is 0 Å². The maximum atomic E-state index is 13.7. The van der Waals surface area contributed by atoms with Crippen molar-refractivity contribution < 1.29 is 9.59 Å². The number of nitrogens with one attached hydrogen (secondary N) is 1. The Balaban J connectivity index is 1.33. The predicted molar refractivity (Wildman–Crippen MR) is 137 cm³/mol. The molecule has 2 amide bonds. The number of carbonyl (C=O) groups is 2. The molecule has 7 rings (SSSR count). The topological polar surface area (TPSA) is 70.2 Å². The lowest BCUT2D eigenvalue weighted by Gasteiger charge is -2.43. The Morgan fingerprint density at radius 1 is 1.00 bits per heavy atom. The number of rotatable bonds is 2. The lowest BCUT2D eigenvalue weighted by atomic mass is 9.68. The van der Waals surface area contributed by atoms with Crippen LogP contribution in [-0.2, 0) is 9.59 Å². The number of carbonyl (C=O) groups excluding carboxylic acids is 2. The number of halogens is 2. The second-order valence-electron chi connectivity index (χ2n) is 9.50. The zero-order valence-corrected chi connectivity index (χ0v) is 21.6. The van der Waals surface area contributed by atoms with E-state index in [1.807, 2.05) is 12.1 Å². The second kappa shape index (κ2) is 7.56. The van der Waals surface area contributed by atoms with E-state index < -0.39 is 0 Å². The summed E-state index contributed by atoms with van der Waals surface area (Å²) in [4.78, 5) is 45.1. The molecule has 7 atom stereocenters. The highest BCUT2D eigenvalue weighted by atomic mass is 79.9. The van der Waals surface area contributed by atoms with Gasteiger partial charge in [0.1, 0.15) is 0 Å². The van der Waals surface area contributed by atoms with E-state index in [0.717, 1.165) is 26.4 Å². The first-order chi connectivity index (χ1) is 16.4. The fraction of sp³-hybridized carbons (Fsp3) is 0.320. The summed E-state index contributed by atoms with van der Waals surface area (Å²) in [6.45, 7) is 0. The largest absolute Gasteiger partial charge is 0.307 e. The Hall–Kier alpha value is -1.87. The molecule has 2 bridgehead atoms. The second-order valence-corrected chi connectivity index (χ2v) is 13.1. The summed E-state index contributed by atoms with van der Waals surface area (Å²) in [5, 5.41) is 1.69. The fourth-order valence-electron chi connectivity index (χ4n) is 6.93. The molecule has 4 aliphatic rings. The zero-order chi connectivity index (χ0) is 23.3. The number of aromatic amines is 1. The van der Waals surface area contributed by atoms with Gasteiger partial charge in [-0.1, -0.05) is 51.0 Å². The van der Waals surface area contributed by atoms with Gasteiger partial charge in [0.2, 0.25) is 11.8 Å². The van der Waals surface area contributed by atoms with Crippen molar-refractivity contribution in [2.75, 3.05) is 4.90 Å². The highest BCUT2D eigenvalue weighted by Crippen LogP contribution is 2.68. The Bertz CT molecular complexity index is 1420. The van der Waals surface area contributed by atoms with E-state index in [1.165, 1.54) is 16.2 Å². The summed E-state index contributed by atoms with van der Waals surface area (Å²) >= 11 is 12.6.